The molecule has 0 aliphatic heterocycles. The van der Waals surface area contributed by atoms with Gasteiger partial charge in [-0.2, -0.15) is 4.31 Å². The van der Waals surface area contributed by atoms with Crippen LogP contribution in [0.1, 0.15) is 13.8 Å². The number of benzene rings is 1. The molecule has 1 aromatic carbocycles. The van der Waals surface area contributed by atoms with Crippen molar-refractivity contribution in [2.75, 3.05) is 20.8 Å². The van der Waals surface area contributed by atoms with E-state index in [4.69, 9.17) is 9.94 Å². The monoisotopic (exact) mass is 374 g/mol. The number of nitrogens with one attached hydrogen (secondary N) is 1. The zero-order chi connectivity index (χ0) is 19.2. The van der Waals surface area contributed by atoms with Crippen molar-refractivity contribution >= 4 is 21.9 Å². The van der Waals surface area contributed by atoms with E-state index in [1.807, 2.05) is 0 Å². The van der Waals surface area contributed by atoms with Gasteiger partial charge in [0.05, 0.1) is 19.1 Å². The number of hydroxylamine groups is 1. The summed E-state index contributed by atoms with van der Waals surface area (Å²) in [5, 5.41) is 8.96. The SMILES string of the molecule is COC(=O)CN([C@@H](C(=O)NO)C(C)C)S(=O)(=O)c1cccc(OC)c1. The molecule has 0 unspecified atom stereocenters. The summed E-state index contributed by atoms with van der Waals surface area (Å²) in [7, 11) is -1.77. The van der Waals surface area contributed by atoms with Gasteiger partial charge in [-0.25, -0.2) is 13.9 Å². The largest absolute Gasteiger partial charge is 0.497 e. The van der Waals surface area contributed by atoms with Gasteiger partial charge in [-0.15, -0.1) is 0 Å². The predicted octanol–water partition coefficient (Wildman–Crippen LogP) is 0.389. The van der Waals surface area contributed by atoms with E-state index in [1.165, 1.54) is 30.8 Å². The van der Waals surface area contributed by atoms with Crippen molar-refractivity contribution in [2.24, 2.45) is 5.92 Å². The van der Waals surface area contributed by atoms with Crippen LogP contribution in [0.15, 0.2) is 29.2 Å². The molecular weight excluding hydrogens is 352 g/mol. The molecule has 0 heterocycles. The standard InChI is InChI=1S/C15H22N2O7S/c1-10(2)14(15(19)16-20)17(9-13(18)24-4)25(21,22)12-7-5-6-11(8-12)23-3/h5-8,10,14,20H,9H2,1-4H3,(H,16,19)/t14-/m1/s1. The number of amides is 1. The maximum Gasteiger partial charge on any atom is 0.321 e. The number of carbonyl (C=O) groups is 2. The summed E-state index contributed by atoms with van der Waals surface area (Å²) in [5.74, 6) is -2.03. The Morgan fingerprint density at radius 3 is 2.40 bits per heavy atom. The van der Waals surface area contributed by atoms with Crippen LogP contribution in [0.3, 0.4) is 0 Å². The minimum absolute atomic E-state index is 0.160. The highest BCUT2D eigenvalue weighted by Crippen LogP contribution is 2.25. The molecule has 0 aromatic heterocycles. The number of methoxy groups -OCH3 is 2. The Labute approximate surface area is 146 Å². The van der Waals surface area contributed by atoms with Crippen LogP contribution in [0.5, 0.6) is 5.75 Å². The molecule has 0 radical (unpaired) electrons. The van der Waals surface area contributed by atoms with Gasteiger partial charge in [0.25, 0.3) is 5.91 Å². The number of hydrogen-bond donors (Lipinski definition) is 2. The number of ether oxygens (including phenoxy) is 2. The third-order valence-corrected chi connectivity index (χ3v) is 5.30. The van der Waals surface area contributed by atoms with Gasteiger partial charge in [0.2, 0.25) is 10.0 Å². The van der Waals surface area contributed by atoms with E-state index >= 15 is 0 Å². The highest BCUT2D eigenvalue weighted by molar-refractivity contribution is 7.89. The minimum atomic E-state index is -4.26. The summed E-state index contributed by atoms with van der Waals surface area (Å²) in [6, 6.07) is 4.30. The summed E-state index contributed by atoms with van der Waals surface area (Å²) >= 11 is 0. The number of nitrogens with zero attached hydrogens (tertiary/aromatic N) is 1. The Balaban J connectivity index is 3.47. The van der Waals surface area contributed by atoms with Gasteiger partial charge in [-0.3, -0.25) is 14.8 Å². The molecular formula is C15H22N2O7S. The first-order chi connectivity index (χ1) is 11.7. The average molecular weight is 374 g/mol. The minimum Gasteiger partial charge on any atom is -0.497 e. The average Bonchev–Trinajstić information content (AvgIpc) is 2.60. The smallest absolute Gasteiger partial charge is 0.321 e. The van der Waals surface area contributed by atoms with Crippen LogP contribution in [0.2, 0.25) is 0 Å². The zero-order valence-electron chi connectivity index (χ0n) is 14.4. The predicted molar refractivity (Wildman–Crippen MR) is 87.5 cm³/mol. The number of hydrogen-bond acceptors (Lipinski definition) is 7. The maximum absolute atomic E-state index is 13.0. The fourth-order valence-electron chi connectivity index (χ4n) is 2.25. The Morgan fingerprint density at radius 2 is 1.92 bits per heavy atom. The van der Waals surface area contributed by atoms with E-state index in [2.05, 4.69) is 4.74 Å². The van der Waals surface area contributed by atoms with E-state index in [1.54, 1.807) is 19.9 Å². The molecule has 1 amide bonds. The number of rotatable bonds is 8. The van der Waals surface area contributed by atoms with Crippen molar-refractivity contribution in [1.29, 1.82) is 0 Å². The maximum atomic E-state index is 13.0. The second kappa shape index (κ2) is 8.79. The fourth-order valence-corrected chi connectivity index (χ4v) is 3.95. The summed E-state index contributed by atoms with van der Waals surface area (Å²) in [6.45, 7) is 2.49. The molecule has 0 aliphatic carbocycles. The molecule has 9 nitrogen and oxygen atoms in total. The van der Waals surface area contributed by atoms with Crippen LogP contribution >= 0.6 is 0 Å². The summed E-state index contributed by atoms with van der Waals surface area (Å²) in [4.78, 5) is 23.6. The number of carbonyl (C=O) groups excluding carboxylic acids is 2. The molecule has 25 heavy (non-hydrogen) atoms. The third-order valence-electron chi connectivity index (χ3n) is 3.48. The van der Waals surface area contributed by atoms with Crippen LogP contribution in [0.25, 0.3) is 0 Å². The number of sulfonamides is 1. The fraction of sp³-hybridized carbons (Fsp3) is 0.467. The zero-order valence-corrected chi connectivity index (χ0v) is 15.2. The lowest BCUT2D eigenvalue weighted by atomic mass is 10.0. The second-order valence-corrected chi connectivity index (χ2v) is 7.36. The van der Waals surface area contributed by atoms with Gasteiger partial charge in [-0.05, 0) is 18.1 Å². The molecule has 2 N–H and O–H groups in total. The summed E-state index contributed by atoms with van der Waals surface area (Å²) in [5.41, 5.74) is 1.44. The normalized spacial score (nSPS) is 12.8. The van der Waals surface area contributed by atoms with Crippen molar-refractivity contribution in [3.05, 3.63) is 24.3 Å². The van der Waals surface area contributed by atoms with E-state index in [0.717, 1.165) is 7.11 Å². The van der Waals surface area contributed by atoms with E-state index < -0.39 is 40.4 Å². The van der Waals surface area contributed by atoms with Gasteiger partial charge in [-0.1, -0.05) is 19.9 Å². The van der Waals surface area contributed by atoms with Crippen LogP contribution < -0.4 is 10.2 Å². The topological polar surface area (TPSA) is 122 Å². The highest BCUT2D eigenvalue weighted by atomic mass is 32.2. The summed E-state index contributed by atoms with van der Waals surface area (Å²) in [6.07, 6.45) is 0. The van der Waals surface area contributed by atoms with Gasteiger partial charge < -0.3 is 9.47 Å². The molecule has 0 bridgehead atoms. The Kier molecular flexibility index (Phi) is 7.34. The van der Waals surface area contributed by atoms with E-state index in [9.17, 15) is 18.0 Å². The lowest BCUT2D eigenvalue weighted by Crippen LogP contribution is -2.53. The molecule has 0 saturated carbocycles. The molecule has 1 atom stereocenters. The van der Waals surface area contributed by atoms with Crippen LogP contribution in [-0.4, -0.2) is 56.6 Å². The quantitative estimate of drug-likeness (QED) is 0.383. The molecule has 0 fully saturated rings. The molecule has 0 spiro atoms. The van der Waals surface area contributed by atoms with Crippen LogP contribution in [0, 0.1) is 5.92 Å². The van der Waals surface area contributed by atoms with Gasteiger partial charge >= 0.3 is 5.97 Å². The highest BCUT2D eigenvalue weighted by Gasteiger charge is 2.39. The van der Waals surface area contributed by atoms with Crippen molar-refractivity contribution in [1.82, 2.24) is 9.79 Å². The Bertz CT molecular complexity index is 718. The molecule has 0 saturated heterocycles. The third kappa shape index (κ3) is 4.91. The van der Waals surface area contributed by atoms with Gasteiger partial charge in [0, 0.05) is 6.07 Å². The van der Waals surface area contributed by atoms with Gasteiger partial charge in [0.1, 0.15) is 18.3 Å². The molecule has 1 rings (SSSR count). The molecule has 0 aliphatic rings. The first kappa shape index (κ1) is 20.9. The molecule has 1 aromatic rings. The molecule has 140 valence electrons. The van der Waals surface area contributed by atoms with Gasteiger partial charge in [0.15, 0.2) is 0 Å². The first-order valence-electron chi connectivity index (χ1n) is 7.35. The lowest BCUT2D eigenvalue weighted by molar-refractivity contribution is -0.143. The summed E-state index contributed by atoms with van der Waals surface area (Å²) < 4.78 is 36.3. The van der Waals surface area contributed by atoms with Crippen molar-refractivity contribution < 1.29 is 32.7 Å². The van der Waals surface area contributed by atoms with Crippen molar-refractivity contribution in [2.45, 2.75) is 24.8 Å². The lowest BCUT2D eigenvalue weighted by Gasteiger charge is -2.31. The Morgan fingerprint density at radius 1 is 1.28 bits per heavy atom. The van der Waals surface area contributed by atoms with Crippen molar-refractivity contribution in [3.8, 4) is 5.75 Å². The first-order valence-corrected chi connectivity index (χ1v) is 8.79. The van der Waals surface area contributed by atoms with Crippen LogP contribution in [0.4, 0.5) is 0 Å². The number of esters is 1. The Hall–Kier alpha value is -2.17. The van der Waals surface area contributed by atoms with Crippen LogP contribution in [-0.2, 0) is 24.3 Å². The molecule has 10 heteroatoms. The van der Waals surface area contributed by atoms with Crippen molar-refractivity contribution in [3.63, 3.8) is 0 Å². The van der Waals surface area contributed by atoms with E-state index in [-0.39, 0.29) is 4.90 Å². The van der Waals surface area contributed by atoms with E-state index in [0.29, 0.717) is 10.1 Å². The second-order valence-electron chi connectivity index (χ2n) is 5.47.